The zero-order valence-electron chi connectivity index (χ0n) is 12.3. The maximum Gasteiger partial charge on any atom is 0.262 e. The molecule has 0 saturated heterocycles. The summed E-state index contributed by atoms with van der Waals surface area (Å²) in [5.74, 6) is 0.168. The van der Waals surface area contributed by atoms with Crippen LogP contribution in [0.1, 0.15) is 5.56 Å². The number of thiazole rings is 1. The van der Waals surface area contributed by atoms with E-state index in [1.807, 2.05) is 17.5 Å². The summed E-state index contributed by atoms with van der Waals surface area (Å²) in [6, 6.07) is 9.40. The van der Waals surface area contributed by atoms with Gasteiger partial charge >= 0.3 is 0 Å². The Bertz CT molecular complexity index is 976. The number of ether oxygens (including phenoxy) is 1. The topological polar surface area (TPSA) is 87.9 Å². The van der Waals surface area contributed by atoms with Crippen LogP contribution in [0.5, 0.6) is 5.75 Å². The molecule has 0 saturated carbocycles. The number of hydrogen-bond donors (Lipinski definition) is 1. The predicted octanol–water partition coefficient (Wildman–Crippen LogP) is 3.07. The maximum atomic E-state index is 11.5. The Balaban J connectivity index is 1.78. The van der Waals surface area contributed by atoms with Gasteiger partial charge in [0, 0.05) is 28.9 Å². The van der Waals surface area contributed by atoms with Crippen LogP contribution in [-0.4, -0.2) is 22.5 Å². The van der Waals surface area contributed by atoms with E-state index in [1.54, 1.807) is 24.5 Å². The quantitative estimate of drug-likeness (QED) is 0.778. The minimum Gasteiger partial charge on any atom is -0.480 e. The van der Waals surface area contributed by atoms with Crippen molar-refractivity contribution >= 4 is 22.9 Å². The van der Waals surface area contributed by atoms with E-state index >= 15 is 0 Å². The highest BCUT2D eigenvalue weighted by Gasteiger charge is 2.21. The summed E-state index contributed by atoms with van der Waals surface area (Å²) in [6.07, 6.45) is 3.47. The molecule has 0 unspecified atom stereocenters. The molecule has 7 heteroatoms. The van der Waals surface area contributed by atoms with Crippen molar-refractivity contribution in [1.82, 2.24) is 9.97 Å². The Morgan fingerprint density at radius 2 is 2.25 bits per heavy atom. The molecule has 1 aliphatic rings. The summed E-state index contributed by atoms with van der Waals surface area (Å²) in [5, 5.41) is 14.8. The van der Waals surface area contributed by atoms with E-state index in [-0.39, 0.29) is 12.5 Å². The molecule has 1 amide bonds. The van der Waals surface area contributed by atoms with Gasteiger partial charge in [0.25, 0.3) is 5.91 Å². The molecule has 0 bridgehead atoms. The van der Waals surface area contributed by atoms with Crippen LogP contribution in [0.4, 0.5) is 5.69 Å². The molecule has 116 valence electrons. The number of benzene rings is 1. The van der Waals surface area contributed by atoms with Gasteiger partial charge in [0.15, 0.2) is 12.4 Å². The summed E-state index contributed by atoms with van der Waals surface area (Å²) in [6.45, 7) is -0.0805. The van der Waals surface area contributed by atoms with Gasteiger partial charge < -0.3 is 10.1 Å². The first-order valence-corrected chi connectivity index (χ1v) is 7.99. The molecule has 3 aromatic rings. The average Bonchev–Trinajstić information content (AvgIpc) is 3.11. The number of amides is 1. The van der Waals surface area contributed by atoms with Crippen molar-refractivity contribution in [3.63, 3.8) is 0 Å². The van der Waals surface area contributed by atoms with E-state index < -0.39 is 0 Å². The molecular weight excluding hydrogens is 324 g/mol. The lowest BCUT2D eigenvalue weighted by atomic mass is 10.1. The Labute approximate surface area is 141 Å². The SMILES string of the molecule is N#Cc1cc(-c2csc(-c3cccnc3)n2)cc2c1OCC(=O)N2. The Morgan fingerprint density at radius 1 is 1.33 bits per heavy atom. The molecule has 1 N–H and O–H groups in total. The first kappa shape index (κ1) is 14.4. The highest BCUT2D eigenvalue weighted by molar-refractivity contribution is 7.13. The molecular formula is C17H10N4O2S. The molecule has 0 atom stereocenters. The lowest BCUT2D eigenvalue weighted by Gasteiger charge is -2.19. The molecule has 24 heavy (non-hydrogen) atoms. The fraction of sp³-hybridized carbons (Fsp3) is 0.0588. The number of nitriles is 1. The van der Waals surface area contributed by atoms with Crippen LogP contribution in [0, 0.1) is 11.3 Å². The highest BCUT2D eigenvalue weighted by Crippen LogP contribution is 2.37. The van der Waals surface area contributed by atoms with Crippen molar-refractivity contribution in [3.8, 4) is 33.6 Å². The normalized spacial score (nSPS) is 12.7. The van der Waals surface area contributed by atoms with E-state index in [0.717, 1.165) is 21.8 Å². The number of anilines is 1. The summed E-state index contributed by atoms with van der Waals surface area (Å²) in [7, 11) is 0. The predicted molar refractivity (Wildman–Crippen MR) is 89.6 cm³/mol. The molecule has 0 radical (unpaired) electrons. The summed E-state index contributed by atoms with van der Waals surface area (Å²) in [4.78, 5) is 20.2. The van der Waals surface area contributed by atoms with Crippen molar-refractivity contribution in [2.45, 2.75) is 0 Å². The van der Waals surface area contributed by atoms with Crippen LogP contribution in [-0.2, 0) is 4.79 Å². The number of fused-ring (bicyclic) bond motifs is 1. The lowest BCUT2D eigenvalue weighted by Crippen LogP contribution is -2.25. The Hall–Kier alpha value is -3.24. The van der Waals surface area contributed by atoms with Crippen LogP contribution in [0.25, 0.3) is 21.8 Å². The first-order chi connectivity index (χ1) is 11.7. The van der Waals surface area contributed by atoms with E-state index in [2.05, 4.69) is 21.4 Å². The van der Waals surface area contributed by atoms with Crippen molar-refractivity contribution in [2.24, 2.45) is 0 Å². The standard InChI is InChI=1S/C17H10N4O2S/c18-6-12-4-11(5-13-16(12)23-8-15(22)20-13)14-9-24-17(21-14)10-2-1-3-19-7-10/h1-5,7,9H,8H2,(H,20,22). The Kier molecular flexibility index (Phi) is 3.44. The first-order valence-electron chi connectivity index (χ1n) is 7.11. The number of nitrogens with one attached hydrogen (secondary N) is 1. The second-order valence-electron chi connectivity index (χ2n) is 5.13. The van der Waals surface area contributed by atoms with Crippen molar-refractivity contribution in [1.29, 1.82) is 5.26 Å². The second-order valence-corrected chi connectivity index (χ2v) is 5.99. The fourth-order valence-corrected chi connectivity index (χ4v) is 3.28. The van der Waals surface area contributed by atoms with Crippen LogP contribution in [0.15, 0.2) is 42.0 Å². The summed E-state index contributed by atoms with van der Waals surface area (Å²) < 4.78 is 5.36. The summed E-state index contributed by atoms with van der Waals surface area (Å²) >= 11 is 1.50. The van der Waals surface area contributed by atoms with E-state index in [4.69, 9.17) is 4.74 Å². The minimum atomic E-state index is -0.238. The number of nitrogens with zero attached hydrogens (tertiary/aromatic N) is 3. The van der Waals surface area contributed by atoms with Gasteiger partial charge in [-0.25, -0.2) is 4.98 Å². The fourth-order valence-electron chi connectivity index (χ4n) is 2.46. The Morgan fingerprint density at radius 3 is 3.04 bits per heavy atom. The van der Waals surface area contributed by atoms with Crippen LogP contribution >= 0.6 is 11.3 Å². The minimum absolute atomic E-state index is 0.0805. The van der Waals surface area contributed by atoms with E-state index in [9.17, 15) is 10.1 Å². The molecule has 1 aliphatic heterocycles. The van der Waals surface area contributed by atoms with Gasteiger partial charge in [0.1, 0.15) is 11.1 Å². The second kappa shape index (κ2) is 5.76. The van der Waals surface area contributed by atoms with Gasteiger partial charge in [-0.15, -0.1) is 11.3 Å². The van der Waals surface area contributed by atoms with Gasteiger partial charge in [-0.2, -0.15) is 5.26 Å². The van der Waals surface area contributed by atoms with Gasteiger partial charge in [-0.05, 0) is 24.3 Å². The average molecular weight is 334 g/mol. The molecule has 0 aliphatic carbocycles. The zero-order valence-corrected chi connectivity index (χ0v) is 13.1. The van der Waals surface area contributed by atoms with Crippen molar-refractivity contribution < 1.29 is 9.53 Å². The number of carbonyl (C=O) groups is 1. The molecule has 0 fully saturated rings. The molecule has 0 spiro atoms. The highest BCUT2D eigenvalue weighted by atomic mass is 32.1. The smallest absolute Gasteiger partial charge is 0.262 e. The molecule has 3 heterocycles. The third kappa shape index (κ3) is 2.49. The molecule has 4 rings (SSSR count). The third-order valence-electron chi connectivity index (χ3n) is 3.54. The molecule has 6 nitrogen and oxygen atoms in total. The van der Waals surface area contributed by atoms with Crippen molar-refractivity contribution in [3.05, 3.63) is 47.6 Å². The third-order valence-corrected chi connectivity index (χ3v) is 4.43. The number of carbonyl (C=O) groups excluding carboxylic acids is 1. The molecule has 2 aromatic heterocycles. The maximum absolute atomic E-state index is 11.5. The van der Waals surface area contributed by atoms with Gasteiger partial charge in [-0.3, -0.25) is 9.78 Å². The van der Waals surface area contributed by atoms with Crippen LogP contribution in [0.2, 0.25) is 0 Å². The molecule has 1 aromatic carbocycles. The van der Waals surface area contributed by atoms with E-state index in [1.165, 1.54) is 11.3 Å². The number of hydrogen-bond acceptors (Lipinski definition) is 6. The van der Waals surface area contributed by atoms with Gasteiger partial charge in [0.2, 0.25) is 0 Å². The number of pyridine rings is 1. The largest absolute Gasteiger partial charge is 0.480 e. The van der Waals surface area contributed by atoms with E-state index in [0.29, 0.717) is 17.0 Å². The van der Waals surface area contributed by atoms with Gasteiger partial charge in [0.05, 0.1) is 16.9 Å². The number of aromatic nitrogens is 2. The van der Waals surface area contributed by atoms with Crippen molar-refractivity contribution in [2.75, 3.05) is 11.9 Å². The van der Waals surface area contributed by atoms with Gasteiger partial charge in [-0.1, -0.05) is 0 Å². The summed E-state index contributed by atoms with van der Waals surface area (Å²) in [5.41, 5.74) is 3.29. The monoisotopic (exact) mass is 334 g/mol. The van der Waals surface area contributed by atoms with Crippen LogP contribution < -0.4 is 10.1 Å². The number of rotatable bonds is 2. The lowest BCUT2D eigenvalue weighted by molar-refractivity contribution is -0.118. The zero-order chi connectivity index (χ0) is 16.5. The van der Waals surface area contributed by atoms with Crippen LogP contribution in [0.3, 0.4) is 0 Å².